The highest BCUT2D eigenvalue weighted by Crippen LogP contribution is 2.29. The number of rotatable bonds is 8. The third-order valence-corrected chi connectivity index (χ3v) is 3.92. The monoisotopic (exact) mass is 285 g/mol. The second-order valence-corrected chi connectivity index (χ2v) is 5.84. The van der Waals surface area contributed by atoms with Crippen LogP contribution in [0.15, 0.2) is 5.16 Å². The van der Waals surface area contributed by atoms with Crippen molar-refractivity contribution in [2.45, 2.75) is 64.1 Å². The fourth-order valence-electron chi connectivity index (χ4n) is 2.10. The summed E-state index contributed by atoms with van der Waals surface area (Å²) in [5.41, 5.74) is 0. The number of aromatic nitrogens is 3. The van der Waals surface area contributed by atoms with Crippen LogP contribution in [0.2, 0.25) is 0 Å². The van der Waals surface area contributed by atoms with Gasteiger partial charge in [0.1, 0.15) is 5.82 Å². The zero-order valence-electron chi connectivity index (χ0n) is 12.1. The average Bonchev–Trinajstić information content (AvgIpc) is 2.77. The van der Waals surface area contributed by atoms with Crippen molar-refractivity contribution in [3.05, 3.63) is 5.82 Å². The third-order valence-electron chi connectivity index (χ3n) is 2.99. The van der Waals surface area contributed by atoms with E-state index in [1.54, 1.807) is 0 Å². The lowest BCUT2D eigenvalue weighted by Gasteiger charge is -2.21. The molecule has 0 spiro atoms. The number of hydrogen-bond acceptors (Lipinski definition) is 4. The molecule has 0 bridgehead atoms. The number of hydrogen-bond donors (Lipinski definition) is 1. The minimum absolute atomic E-state index is 0.0266. The van der Waals surface area contributed by atoms with Gasteiger partial charge in [-0.3, -0.25) is 4.79 Å². The van der Waals surface area contributed by atoms with E-state index in [4.69, 9.17) is 5.11 Å². The Balaban J connectivity index is 3.06. The molecule has 1 heterocycles. The van der Waals surface area contributed by atoms with Crippen molar-refractivity contribution in [2.24, 2.45) is 0 Å². The van der Waals surface area contributed by atoms with Gasteiger partial charge in [0, 0.05) is 12.0 Å². The Morgan fingerprint density at radius 2 is 2.05 bits per heavy atom. The Hall–Kier alpha value is -1.04. The standard InChI is InChI=1S/C13H23N3O2S/c1-5-7-10(6-2)16-12(9(3)4)14-15-13(16)19-8-11(17)18/h9-10H,5-8H2,1-4H3,(H,17,18). The van der Waals surface area contributed by atoms with Crippen LogP contribution in [0.4, 0.5) is 0 Å². The van der Waals surface area contributed by atoms with Crippen molar-refractivity contribution in [2.75, 3.05) is 5.75 Å². The molecule has 0 saturated heterocycles. The van der Waals surface area contributed by atoms with Crippen LogP contribution in [0, 0.1) is 0 Å². The number of nitrogens with zero attached hydrogens (tertiary/aromatic N) is 3. The summed E-state index contributed by atoms with van der Waals surface area (Å²) in [6.45, 7) is 8.48. The lowest BCUT2D eigenvalue weighted by atomic mass is 10.1. The summed E-state index contributed by atoms with van der Waals surface area (Å²) in [6, 6.07) is 0.355. The molecule has 0 fully saturated rings. The lowest BCUT2D eigenvalue weighted by Crippen LogP contribution is -2.14. The second-order valence-electron chi connectivity index (χ2n) is 4.90. The Bertz CT molecular complexity index is 418. The molecule has 1 aromatic heterocycles. The second kappa shape index (κ2) is 7.53. The van der Waals surface area contributed by atoms with Gasteiger partial charge in [-0.15, -0.1) is 10.2 Å². The van der Waals surface area contributed by atoms with Crippen LogP contribution in [0.5, 0.6) is 0 Å². The smallest absolute Gasteiger partial charge is 0.313 e. The highest BCUT2D eigenvalue weighted by molar-refractivity contribution is 7.99. The lowest BCUT2D eigenvalue weighted by molar-refractivity contribution is -0.133. The quantitative estimate of drug-likeness (QED) is 0.742. The molecule has 0 aliphatic rings. The van der Waals surface area contributed by atoms with E-state index in [1.807, 2.05) is 0 Å². The van der Waals surface area contributed by atoms with Gasteiger partial charge in [0.15, 0.2) is 5.16 Å². The first-order chi connectivity index (χ1) is 9.01. The van der Waals surface area contributed by atoms with Gasteiger partial charge in [-0.2, -0.15) is 0 Å². The molecule has 0 aliphatic heterocycles. The van der Waals surface area contributed by atoms with E-state index in [0.717, 1.165) is 30.2 Å². The average molecular weight is 285 g/mol. The maximum atomic E-state index is 10.7. The number of thioether (sulfide) groups is 1. The number of carboxylic acid groups (broad SMARTS) is 1. The van der Waals surface area contributed by atoms with E-state index < -0.39 is 5.97 Å². The number of carbonyl (C=O) groups is 1. The molecule has 0 aromatic carbocycles. The molecule has 1 N–H and O–H groups in total. The summed E-state index contributed by atoms with van der Waals surface area (Å²) in [7, 11) is 0. The number of aliphatic carboxylic acids is 1. The van der Waals surface area contributed by atoms with Gasteiger partial charge in [0.2, 0.25) is 0 Å². The first-order valence-electron chi connectivity index (χ1n) is 6.80. The van der Waals surface area contributed by atoms with E-state index in [2.05, 4.69) is 42.5 Å². The Labute approximate surface area is 118 Å². The van der Waals surface area contributed by atoms with Gasteiger partial charge >= 0.3 is 5.97 Å². The van der Waals surface area contributed by atoms with Crippen molar-refractivity contribution in [1.29, 1.82) is 0 Å². The Kier molecular flexibility index (Phi) is 6.34. The molecular weight excluding hydrogens is 262 g/mol. The molecule has 6 heteroatoms. The highest BCUT2D eigenvalue weighted by atomic mass is 32.2. The molecule has 0 saturated carbocycles. The summed E-state index contributed by atoms with van der Waals surface area (Å²) >= 11 is 1.25. The van der Waals surface area contributed by atoms with Gasteiger partial charge < -0.3 is 9.67 Å². The molecule has 108 valence electrons. The first kappa shape index (κ1) is 16.0. The molecule has 19 heavy (non-hydrogen) atoms. The molecular formula is C13H23N3O2S. The van der Waals surface area contributed by atoms with Crippen LogP contribution in [-0.4, -0.2) is 31.6 Å². The molecule has 1 unspecified atom stereocenters. The maximum Gasteiger partial charge on any atom is 0.313 e. The molecule has 5 nitrogen and oxygen atoms in total. The highest BCUT2D eigenvalue weighted by Gasteiger charge is 2.21. The van der Waals surface area contributed by atoms with Crippen LogP contribution in [0.3, 0.4) is 0 Å². The molecule has 0 radical (unpaired) electrons. The predicted molar refractivity (Wildman–Crippen MR) is 76.7 cm³/mol. The molecule has 0 aliphatic carbocycles. The van der Waals surface area contributed by atoms with Crippen molar-refractivity contribution < 1.29 is 9.90 Å². The van der Waals surface area contributed by atoms with Crippen LogP contribution in [0.25, 0.3) is 0 Å². The molecule has 1 rings (SSSR count). The van der Waals surface area contributed by atoms with E-state index in [9.17, 15) is 4.79 Å². The minimum atomic E-state index is -0.825. The summed E-state index contributed by atoms with van der Waals surface area (Å²) < 4.78 is 2.14. The van der Waals surface area contributed by atoms with Gasteiger partial charge in [-0.25, -0.2) is 0 Å². The molecule has 1 aromatic rings. The molecule has 0 amide bonds. The van der Waals surface area contributed by atoms with E-state index in [-0.39, 0.29) is 11.7 Å². The van der Waals surface area contributed by atoms with Gasteiger partial charge in [0.25, 0.3) is 0 Å². The number of carboxylic acids is 1. The third kappa shape index (κ3) is 4.23. The van der Waals surface area contributed by atoms with Crippen LogP contribution in [-0.2, 0) is 4.79 Å². The fourth-order valence-corrected chi connectivity index (χ4v) is 2.83. The Morgan fingerprint density at radius 3 is 2.53 bits per heavy atom. The summed E-state index contributed by atoms with van der Waals surface area (Å²) in [4.78, 5) is 10.7. The van der Waals surface area contributed by atoms with E-state index in [1.165, 1.54) is 11.8 Å². The summed E-state index contributed by atoms with van der Waals surface area (Å²) in [5, 5.41) is 17.9. The summed E-state index contributed by atoms with van der Waals surface area (Å²) in [5.74, 6) is 0.443. The fraction of sp³-hybridized carbons (Fsp3) is 0.769. The SMILES string of the molecule is CCCC(CC)n1c(SCC(=O)O)nnc1C(C)C. The predicted octanol–water partition coefficient (Wildman–Crippen LogP) is 3.33. The topological polar surface area (TPSA) is 68.0 Å². The minimum Gasteiger partial charge on any atom is -0.481 e. The van der Waals surface area contributed by atoms with Crippen molar-refractivity contribution in [1.82, 2.24) is 14.8 Å². The zero-order chi connectivity index (χ0) is 14.4. The maximum absolute atomic E-state index is 10.7. The molecule has 1 atom stereocenters. The zero-order valence-corrected chi connectivity index (χ0v) is 12.9. The normalized spacial score (nSPS) is 12.9. The van der Waals surface area contributed by atoms with Gasteiger partial charge in [-0.05, 0) is 12.8 Å². The Morgan fingerprint density at radius 1 is 1.37 bits per heavy atom. The van der Waals surface area contributed by atoms with Crippen LogP contribution >= 0.6 is 11.8 Å². The van der Waals surface area contributed by atoms with Gasteiger partial charge in [-0.1, -0.05) is 45.9 Å². The summed E-state index contributed by atoms with van der Waals surface area (Å²) in [6.07, 6.45) is 3.17. The first-order valence-corrected chi connectivity index (χ1v) is 7.79. The van der Waals surface area contributed by atoms with Crippen LogP contribution in [0.1, 0.15) is 64.7 Å². The van der Waals surface area contributed by atoms with Crippen molar-refractivity contribution in [3.63, 3.8) is 0 Å². The largest absolute Gasteiger partial charge is 0.481 e. The van der Waals surface area contributed by atoms with E-state index >= 15 is 0 Å². The van der Waals surface area contributed by atoms with Crippen molar-refractivity contribution in [3.8, 4) is 0 Å². The van der Waals surface area contributed by atoms with Crippen molar-refractivity contribution >= 4 is 17.7 Å². The van der Waals surface area contributed by atoms with E-state index in [0.29, 0.717) is 6.04 Å². The van der Waals surface area contributed by atoms with Crippen LogP contribution < -0.4 is 0 Å². The van der Waals surface area contributed by atoms with Gasteiger partial charge in [0.05, 0.1) is 5.75 Å².